The fourth-order valence-electron chi connectivity index (χ4n) is 2.32. The molecule has 0 bridgehead atoms. The van der Waals surface area contributed by atoms with Crippen LogP contribution in [0.3, 0.4) is 0 Å². The third-order valence-corrected chi connectivity index (χ3v) is 3.42. The summed E-state index contributed by atoms with van der Waals surface area (Å²) in [4.78, 5) is 11.3. The predicted molar refractivity (Wildman–Crippen MR) is 77.0 cm³/mol. The Morgan fingerprint density at radius 2 is 2.14 bits per heavy atom. The summed E-state index contributed by atoms with van der Waals surface area (Å²) >= 11 is 0. The number of halogens is 3. The second-order valence-corrected chi connectivity index (χ2v) is 5.42. The van der Waals surface area contributed by atoms with E-state index in [0.717, 1.165) is 12.0 Å². The third-order valence-electron chi connectivity index (χ3n) is 3.42. The van der Waals surface area contributed by atoms with Crippen molar-refractivity contribution in [3.05, 3.63) is 23.8 Å². The molecule has 122 valence electrons. The second kappa shape index (κ2) is 6.89. The minimum Gasteiger partial charge on any atom is -0.482 e. The molecule has 1 amide bonds. The maximum atomic E-state index is 12.3. The Morgan fingerprint density at radius 3 is 2.86 bits per heavy atom. The maximum absolute atomic E-state index is 12.3. The van der Waals surface area contributed by atoms with Crippen molar-refractivity contribution in [2.45, 2.75) is 38.4 Å². The van der Waals surface area contributed by atoms with E-state index in [0.29, 0.717) is 25.1 Å². The van der Waals surface area contributed by atoms with Gasteiger partial charge in [0.1, 0.15) is 5.75 Å². The lowest BCUT2D eigenvalue weighted by molar-refractivity contribution is -0.153. The number of anilines is 1. The van der Waals surface area contributed by atoms with Crippen molar-refractivity contribution in [3.8, 4) is 5.75 Å². The number of hydrogen-bond donors (Lipinski definition) is 2. The number of carbonyl (C=O) groups excluding carboxylic acids is 1. The highest BCUT2D eigenvalue weighted by Gasteiger charge is 2.29. The van der Waals surface area contributed by atoms with Gasteiger partial charge in [-0.25, -0.2) is 0 Å². The Kier molecular flexibility index (Phi) is 5.15. The zero-order valence-electron chi connectivity index (χ0n) is 12.3. The number of rotatable bonds is 4. The molecule has 0 aromatic heterocycles. The third kappa shape index (κ3) is 5.13. The molecule has 1 aromatic rings. The SMILES string of the molecule is Cc1ccc(N[C@H]2CCNC(=O)CC2)c(OCC(F)(F)F)c1. The topological polar surface area (TPSA) is 50.4 Å². The summed E-state index contributed by atoms with van der Waals surface area (Å²) in [5.41, 5.74) is 1.34. The summed E-state index contributed by atoms with van der Waals surface area (Å²) < 4.78 is 41.9. The summed E-state index contributed by atoms with van der Waals surface area (Å²) in [5.74, 6) is 0.183. The normalized spacial score (nSPS) is 19.3. The first kappa shape index (κ1) is 16.5. The molecule has 4 nitrogen and oxygen atoms in total. The fourth-order valence-corrected chi connectivity index (χ4v) is 2.32. The number of carbonyl (C=O) groups is 1. The van der Waals surface area contributed by atoms with Gasteiger partial charge in [-0.1, -0.05) is 6.07 Å². The molecule has 1 atom stereocenters. The van der Waals surface area contributed by atoms with Crippen molar-refractivity contribution in [2.24, 2.45) is 0 Å². The molecule has 1 aromatic carbocycles. The van der Waals surface area contributed by atoms with E-state index in [4.69, 9.17) is 4.74 Å². The largest absolute Gasteiger partial charge is 0.482 e. The molecule has 2 rings (SSSR count). The van der Waals surface area contributed by atoms with Crippen LogP contribution in [0.1, 0.15) is 24.8 Å². The van der Waals surface area contributed by atoms with Crippen molar-refractivity contribution in [1.29, 1.82) is 0 Å². The number of nitrogens with one attached hydrogen (secondary N) is 2. The van der Waals surface area contributed by atoms with Crippen LogP contribution in [0.2, 0.25) is 0 Å². The molecule has 2 N–H and O–H groups in total. The van der Waals surface area contributed by atoms with Gasteiger partial charge in [0.2, 0.25) is 5.91 Å². The van der Waals surface area contributed by atoms with Gasteiger partial charge in [-0.2, -0.15) is 13.2 Å². The van der Waals surface area contributed by atoms with Gasteiger partial charge in [-0.05, 0) is 37.5 Å². The van der Waals surface area contributed by atoms with Gasteiger partial charge in [-0.15, -0.1) is 0 Å². The highest BCUT2D eigenvalue weighted by atomic mass is 19.4. The standard InChI is InChI=1S/C15H19F3N2O2/c1-10-2-4-12(13(8-10)22-9-15(16,17)18)20-11-3-5-14(21)19-7-6-11/h2,4,8,11,20H,3,5-7,9H2,1H3,(H,19,21)/t11-/m1/s1. The summed E-state index contributed by atoms with van der Waals surface area (Å²) in [6, 6.07) is 5.12. The average molecular weight is 316 g/mol. The lowest BCUT2D eigenvalue weighted by Gasteiger charge is -2.20. The van der Waals surface area contributed by atoms with Crippen LogP contribution >= 0.6 is 0 Å². The first-order chi connectivity index (χ1) is 10.3. The number of amides is 1. The van der Waals surface area contributed by atoms with Gasteiger partial charge in [-0.3, -0.25) is 4.79 Å². The quantitative estimate of drug-likeness (QED) is 0.898. The number of alkyl halides is 3. The van der Waals surface area contributed by atoms with Crippen molar-refractivity contribution < 1.29 is 22.7 Å². The van der Waals surface area contributed by atoms with Gasteiger partial charge < -0.3 is 15.4 Å². The van der Waals surface area contributed by atoms with Crippen LogP contribution in [0.4, 0.5) is 18.9 Å². The first-order valence-electron chi connectivity index (χ1n) is 7.17. The second-order valence-electron chi connectivity index (χ2n) is 5.42. The zero-order valence-corrected chi connectivity index (χ0v) is 12.3. The van der Waals surface area contributed by atoms with Crippen LogP contribution in [0.5, 0.6) is 5.75 Å². The number of ether oxygens (including phenoxy) is 1. The van der Waals surface area contributed by atoms with E-state index in [1.54, 1.807) is 19.1 Å². The minimum absolute atomic E-state index is 0.00162. The molecule has 0 unspecified atom stereocenters. The maximum Gasteiger partial charge on any atom is 0.422 e. The van der Waals surface area contributed by atoms with E-state index >= 15 is 0 Å². The molecule has 1 aliphatic rings. The Hall–Kier alpha value is -1.92. The molecule has 0 saturated carbocycles. The van der Waals surface area contributed by atoms with E-state index in [1.807, 2.05) is 6.07 Å². The Morgan fingerprint density at radius 1 is 1.36 bits per heavy atom. The molecule has 0 radical (unpaired) electrons. The average Bonchev–Trinajstić information content (AvgIpc) is 2.63. The Labute approximate surface area is 127 Å². The summed E-state index contributed by atoms with van der Waals surface area (Å²) in [5, 5.41) is 5.96. The number of hydrogen-bond acceptors (Lipinski definition) is 3. The molecule has 1 aliphatic heterocycles. The molecular formula is C15H19F3N2O2. The van der Waals surface area contributed by atoms with E-state index in [2.05, 4.69) is 10.6 Å². The van der Waals surface area contributed by atoms with Crippen LogP contribution in [0.15, 0.2) is 18.2 Å². The summed E-state index contributed by atoms with van der Waals surface area (Å²) in [6.45, 7) is 1.02. The molecular weight excluding hydrogens is 297 g/mol. The predicted octanol–water partition coefficient (Wildman–Crippen LogP) is 3.02. The Balaban J connectivity index is 2.07. The fraction of sp³-hybridized carbons (Fsp3) is 0.533. The molecule has 1 saturated heterocycles. The first-order valence-corrected chi connectivity index (χ1v) is 7.17. The molecule has 0 aliphatic carbocycles. The van der Waals surface area contributed by atoms with E-state index in [9.17, 15) is 18.0 Å². The van der Waals surface area contributed by atoms with E-state index in [1.165, 1.54) is 0 Å². The number of aryl methyl sites for hydroxylation is 1. The molecule has 1 fully saturated rings. The Bertz CT molecular complexity index is 532. The van der Waals surface area contributed by atoms with Crippen LogP contribution in [0.25, 0.3) is 0 Å². The highest BCUT2D eigenvalue weighted by Crippen LogP contribution is 2.29. The van der Waals surface area contributed by atoms with Crippen LogP contribution in [0, 0.1) is 6.92 Å². The number of benzene rings is 1. The minimum atomic E-state index is -4.38. The lowest BCUT2D eigenvalue weighted by Crippen LogP contribution is -2.24. The zero-order chi connectivity index (χ0) is 16.2. The van der Waals surface area contributed by atoms with Crippen LogP contribution in [-0.2, 0) is 4.79 Å². The van der Waals surface area contributed by atoms with Crippen molar-refractivity contribution >= 4 is 11.6 Å². The lowest BCUT2D eigenvalue weighted by atomic mass is 10.1. The van der Waals surface area contributed by atoms with Crippen molar-refractivity contribution in [1.82, 2.24) is 5.32 Å². The van der Waals surface area contributed by atoms with Gasteiger partial charge >= 0.3 is 6.18 Å². The van der Waals surface area contributed by atoms with Gasteiger partial charge in [0.25, 0.3) is 0 Å². The van der Waals surface area contributed by atoms with Gasteiger partial charge in [0.15, 0.2) is 6.61 Å². The van der Waals surface area contributed by atoms with Gasteiger partial charge in [0.05, 0.1) is 5.69 Å². The molecule has 0 spiro atoms. The van der Waals surface area contributed by atoms with Crippen LogP contribution in [-0.4, -0.2) is 31.3 Å². The monoisotopic (exact) mass is 316 g/mol. The summed E-state index contributed by atoms with van der Waals surface area (Å²) in [7, 11) is 0. The molecule has 22 heavy (non-hydrogen) atoms. The molecule has 1 heterocycles. The van der Waals surface area contributed by atoms with Gasteiger partial charge in [0, 0.05) is 19.0 Å². The van der Waals surface area contributed by atoms with Crippen LogP contribution < -0.4 is 15.4 Å². The van der Waals surface area contributed by atoms with Crippen molar-refractivity contribution in [3.63, 3.8) is 0 Å². The van der Waals surface area contributed by atoms with E-state index in [-0.39, 0.29) is 17.7 Å². The smallest absolute Gasteiger partial charge is 0.422 e. The van der Waals surface area contributed by atoms with Crippen molar-refractivity contribution in [2.75, 3.05) is 18.5 Å². The summed E-state index contributed by atoms with van der Waals surface area (Å²) in [6.07, 6.45) is -2.61. The molecule has 7 heteroatoms. The van der Waals surface area contributed by atoms with E-state index < -0.39 is 12.8 Å². The highest BCUT2D eigenvalue weighted by molar-refractivity contribution is 5.76.